The summed E-state index contributed by atoms with van der Waals surface area (Å²) >= 11 is 0. The molecule has 1 aromatic rings. The van der Waals surface area contributed by atoms with Crippen molar-refractivity contribution < 1.29 is 18.0 Å². The second-order valence-electron chi connectivity index (χ2n) is 5.75. The maximum atomic E-state index is 12.8. The maximum absolute atomic E-state index is 12.8. The SMILES string of the molecule is CCCC(N)C(=O)NC(c1cccc(C(F)(F)F)c1)C(C)C.Cl. The van der Waals surface area contributed by atoms with Crippen molar-refractivity contribution in [1.29, 1.82) is 0 Å². The summed E-state index contributed by atoms with van der Waals surface area (Å²) in [4.78, 5) is 12.0. The van der Waals surface area contributed by atoms with E-state index < -0.39 is 23.8 Å². The predicted octanol–water partition coefficient (Wildman–Crippen LogP) is 4.07. The summed E-state index contributed by atoms with van der Waals surface area (Å²) in [5.41, 5.74) is 5.47. The van der Waals surface area contributed by atoms with E-state index in [2.05, 4.69) is 5.32 Å². The van der Waals surface area contributed by atoms with Crippen LogP contribution in [0.5, 0.6) is 0 Å². The van der Waals surface area contributed by atoms with Gasteiger partial charge in [-0.3, -0.25) is 4.79 Å². The van der Waals surface area contributed by atoms with Crippen molar-refractivity contribution in [2.24, 2.45) is 11.7 Å². The zero-order valence-electron chi connectivity index (χ0n) is 13.5. The van der Waals surface area contributed by atoms with Gasteiger partial charge in [-0.05, 0) is 30.0 Å². The molecule has 0 saturated carbocycles. The number of hydrogen-bond acceptors (Lipinski definition) is 2. The molecule has 0 spiro atoms. The van der Waals surface area contributed by atoms with Crippen LogP contribution in [0.1, 0.15) is 50.8 Å². The average Bonchev–Trinajstić information content (AvgIpc) is 2.43. The Hall–Kier alpha value is -1.27. The number of benzene rings is 1. The Morgan fingerprint density at radius 3 is 2.39 bits per heavy atom. The molecule has 0 aliphatic rings. The van der Waals surface area contributed by atoms with E-state index in [1.54, 1.807) is 6.07 Å². The van der Waals surface area contributed by atoms with Crippen LogP contribution < -0.4 is 11.1 Å². The highest BCUT2D eigenvalue weighted by Crippen LogP contribution is 2.32. The molecule has 0 saturated heterocycles. The van der Waals surface area contributed by atoms with E-state index in [9.17, 15) is 18.0 Å². The molecule has 3 nitrogen and oxygen atoms in total. The maximum Gasteiger partial charge on any atom is 0.416 e. The number of amides is 1. The van der Waals surface area contributed by atoms with Gasteiger partial charge in [0, 0.05) is 0 Å². The molecule has 132 valence electrons. The molecule has 23 heavy (non-hydrogen) atoms. The van der Waals surface area contributed by atoms with E-state index in [0.29, 0.717) is 12.0 Å². The smallest absolute Gasteiger partial charge is 0.348 e. The summed E-state index contributed by atoms with van der Waals surface area (Å²) in [6.07, 6.45) is -3.09. The number of carbonyl (C=O) groups is 1. The lowest BCUT2D eigenvalue weighted by Crippen LogP contribution is -2.43. The highest BCUT2D eigenvalue weighted by Gasteiger charge is 2.31. The van der Waals surface area contributed by atoms with Gasteiger partial charge in [0.05, 0.1) is 17.6 Å². The van der Waals surface area contributed by atoms with Crippen molar-refractivity contribution >= 4 is 18.3 Å². The van der Waals surface area contributed by atoms with Crippen molar-refractivity contribution in [3.63, 3.8) is 0 Å². The monoisotopic (exact) mass is 352 g/mol. The Labute approximate surface area is 141 Å². The molecule has 0 radical (unpaired) electrons. The van der Waals surface area contributed by atoms with Crippen LogP contribution >= 0.6 is 12.4 Å². The first-order valence-corrected chi connectivity index (χ1v) is 7.40. The van der Waals surface area contributed by atoms with Gasteiger partial charge in [0.2, 0.25) is 5.91 Å². The Morgan fingerprint density at radius 1 is 1.30 bits per heavy atom. The van der Waals surface area contributed by atoms with Crippen LogP contribution in [0.25, 0.3) is 0 Å². The van der Waals surface area contributed by atoms with E-state index >= 15 is 0 Å². The Kier molecular flexibility index (Phi) is 8.63. The topological polar surface area (TPSA) is 55.1 Å². The van der Waals surface area contributed by atoms with Gasteiger partial charge in [-0.25, -0.2) is 0 Å². The summed E-state index contributed by atoms with van der Waals surface area (Å²) < 4.78 is 38.4. The molecule has 0 fully saturated rings. The number of hydrogen-bond donors (Lipinski definition) is 2. The molecule has 0 aliphatic carbocycles. The second kappa shape index (κ2) is 9.13. The third-order valence-corrected chi connectivity index (χ3v) is 3.47. The van der Waals surface area contributed by atoms with E-state index in [1.165, 1.54) is 6.07 Å². The third-order valence-electron chi connectivity index (χ3n) is 3.47. The lowest BCUT2D eigenvalue weighted by Gasteiger charge is -2.25. The van der Waals surface area contributed by atoms with Gasteiger partial charge in [0.15, 0.2) is 0 Å². The highest BCUT2D eigenvalue weighted by molar-refractivity contribution is 5.85. The predicted molar refractivity (Wildman–Crippen MR) is 87.3 cm³/mol. The number of nitrogens with two attached hydrogens (primary N) is 1. The van der Waals surface area contributed by atoms with Crippen LogP contribution in [0.2, 0.25) is 0 Å². The van der Waals surface area contributed by atoms with Gasteiger partial charge in [0.25, 0.3) is 0 Å². The zero-order valence-corrected chi connectivity index (χ0v) is 14.3. The number of nitrogens with one attached hydrogen (secondary N) is 1. The van der Waals surface area contributed by atoms with E-state index in [1.807, 2.05) is 20.8 Å². The number of carbonyl (C=O) groups excluding carboxylic acids is 1. The Bertz CT molecular complexity index is 506. The van der Waals surface area contributed by atoms with Gasteiger partial charge in [-0.1, -0.05) is 39.3 Å². The first-order valence-electron chi connectivity index (χ1n) is 7.40. The van der Waals surface area contributed by atoms with Crippen LogP contribution in [0.4, 0.5) is 13.2 Å². The van der Waals surface area contributed by atoms with Crippen LogP contribution in [0.3, 0.4) is 0 Å². The van der Waals surface area contributed by atoms with E-state index in [-0.39, 0.29) is 24.2 Å². The molecule has 2 unspecified atom stereocenters. The molecule has 3 N–H and O–H groups in total. The standard InChI is InChI=1S/C16H23F3N2O.ClH/c1-4-6-13(20)15(22)21-14(10(2)3)11-7-5-8-12(9-11)16(17,18)19;/h5,7-10,13-14H,4,6,20H2,1-3H3,(H,21,22);1H. The van der Waals surface area contributed by atoms with Gasteiger partial charge < -0.3 is 11.1 Å². The largest absolute Gasteiger partial charge is 0.416 e. The molecule has 0 heterocycles. The highest BCUT2D eigenvalue weighted by atomic mass is 35.5. The van der Waals surface area contributed by atoms with Crippen molar-refractivity contribution in [1.82, 2.24) is 5.32 Å². The number of halogens is 4. The molecular weight excluding hydrogens is 329 g/mol. The molecule has 0 bridgehead atoms. The summed E-state index contributed by atoms with van der Waals surface area (Å²) in [7, 11) is 0. The van der Waals surface area contributed by atoms with Crippen molar-refractivity contribution in [2.45, 2.75) is 51.9 Å². The lowest BCUT2D eigenvalue weighted by molar-refractivity contribution is -0.137. The molecule has 0 aromatic heterocycles. The van der Waals surface area contributed by atoms with E-state index in [0.717, 1.165) is 18.6 Å². The fraction of sp³-hybridized carbons (Fsp3) is 0.562. The molecular formula is C16H24ClF3N2O. The minimum Gasteiger partial charge on any atom is -0.348 e. The first kappa shape index (κ1) is 21.7. The number of alkyl halides is 3. The van der Waals surface area contributed by atoms with Crippen LogP contribution in [-0.2, 0) is 11.0 Å². The molecule has 2 atom stereocenters. The fourth-order valence-electron chi connectivity index (χ4n) is 2.25. The number of rotatable bonds is 6. The lowest BCUT2D eigenvalue weighted by atomic mass is 9.94. The first-order chi connectivity index (χ1) is 10.2. The second-order valence-corrected chi connectivity index (χ2v) is 5.75. The fourth-order valence-corrected chi connectivity index (χ4v) is 2.25. The molecule has 1 rings (SSSR count). The quantitative estimate of drug-likeness (QED) is 0.811. The normalized spacial score (nSPS) is 14.1. The van der Waals surface area contributed by atoms with Crippen molar-refractivity contribution in [3.05, 3.63) is 35.4 Å². The van der Waals surface area contributed by atoms with Gasteiger partial charge in [0.1, 0.15) is 0 Å². The van der Waals surface area contributed by atoms with Crippen LogP contribution in [0, 0.1) is 5.92 Å². The molecule has 0 aliphatic heterocycles. The van der Waals surface area contributed by atoms with Crippen LogP contribution in [0.15, 0.2) is 24.3 Å². The van der Waals surface area contributed by atoms with Gasteiger partial charge in [-0.15, -0.1) is 12.4 Å². The van der Waals surface area contributed by atoms with Gasteiger partial charge in [-0.2, -0.15) is 13.2 Å². The van der Waals surface area contributed by atoms with Crippen molar-refractivity contribution in [3.8, 4) is 0 Å². The molecule has 7 heteroatoms. The minimum absolute atomic E-state index is 0. The third kappa shape index (κ3) is 6.39. The van der Waals surface area contributed by atoms with Gasteiger partial charge >= 0.3 is 6.18 Å². The Morgan fingerprint density at radius 2 is 1.91 bits per heavy atom. The van der Waals surface area contributed by atoms with Crippen molar-refractivity contribution in [2.75, 3.05) is 0 Å². The molecule has 1 aromatic carbocycles. The summed E-state index contributed by atoms with van der Waals surface area (Å²) in [6.45, 7) is 5.60. The summed E-state index contributed by atoms with van der Waals surface area (Å²) in [5, 5.41) is 2.76. The molecule has 1 amide bonds. The minimum atomic E-state index is -4.40. The summed E-state index contributed by atoms with van der Waals surface area (Å²) in [6, 6.07) is 3.90. The van der Waals surface area contributed by atoms with E-state index in [4.69, 9.17) is 5.73 Å². The Balaban J connectivity index is 0.00000484. The average molecular weight is 353 g/mol. The van der Waals surface area contributed by atoms with Crippen LogP contribution in [-0.4, -0.2) is 11.9 Å². The zero-order chi connectivity index (χ0) is 16.9. The summed E-state index contributed by atoms with van der Waals surface area (Å²) in [5.74, 6) is -0.390.